The highest BCUT2D eigenvalue weighted by Crippen LogP contribution is 2.40. The molecule has 2 saturated heterocycles. The third kappa shape index (κ3) is 4.45. The van der Waals surface area contributed by atoms with Gasteiger partial charge in [0.05, 0.1) is 6.61 Å². The lowest BCUT2D eigenvalue weighted by molar-refractivity contribution is -0.139. The van der Waals surface area contributed by atoms with Crippen molar-refractivity contribution in [2.45, 2.75) is 51.9 Å². The van der Waals surface area contributed by atoms with Crippen LogP contribution < -0.4 is 0 Å². The van der Waals surface area contributed by atoms with Crippen molar-refractivity contribution in [3.8, 4) is 0 Å². The second-order valence-electron chi connectivity index (χ2n) is 8.02. The van der Waals surface area contributed by atoms with Crippen molar-refractivity contribution in [1.82, 2.24) is 9.80 Å². The first-order chi connectivity index (χ1) is 12.0. The van der Waals surface area contributed by atoms with E-state index in [1.165, 1.54) is 0 Å². The fraction of sp³-hybridized carbons (Fsp3) is 0.750. The minimum Gasteiger partial charge on any atom is -0.466 e. The van der Waals surface area contributed by atoms with E-state index in [0.717, 1.165) is 63.4 Å². The summed E-state index contributed by atoms with van der Waals surface area (Å²) < 4.78 is 5.74. The van der Waals surface area contributed by atoms with Crippen LogP contribution in [-0.4, -0.2) is 60.1 Å². The van der Waals surface area contributed by atoms with Crippen LogP contribution in [0.25, 0.3) is 0 Å². The Morgan fingerprint density at radius 3 is 2.64 bits per heavy atom. The first-order valence-corrected chi connectivity index (χ1v) is 9.69. The molecule has 0 unspecified atom stereocenters. The van der Waals surface area contributed by atoms with Gasteiger partial charge < -0.3 is 19.3 Å². The van der Waals surface area contributed by atoms with E-state index in [0.29, 0.717) is 18.9 Å². The largest absolute Gasteiger partial charge is 0.466 e. The Hall–Kier alpha value is -1.33. The molecule has 25 heavy (non-hydrogen) atoms. The topological polar surface area (TPSA) is 56.9 Å². The van der Waals surface area contributed by atoms with E-state index in [4.69, 9.17) is 4.42 Å². The van der Waals surface area contributed by atoms with Crippen LogP contribution in [0.1, 0.15) is 56.5 Å². The van der Waals surface area contributed by atoms with Gasteiger partial charge in [-0.15, -0.1) is 0 Å². The zero-order valence-electron chi connectivity index (χ0n) is 15.7. The molecule has 5 nitrogen and oxygen atoms in total. The number of β-amino-alcohol motifs (C(OH)–C–C–N with tert-alkyl or cyclic N) is 1. The number of aliphatic hydroxyl groups is 1. The van der Waals surface area contributed by atoms with E-state index >= 15 is 0 Å². The number of hydrogen-bond donors (Lipinski definition) is 1. The van der Waals surface area contributed by atoms with E-state index in [1.807, 2.05) is 17.9 Å². The third-order valence-electron chi connectivity index (χ3n) is 6.16. The van der Waals surface area contributed by atoms with Crippen LogP contribution in [0.3, 0.4) is 0 Å². The van der Waals surface area contributed by atoms with Crippen LogP contribution in [0, 0.1) is 12.3 Å². The van der Waals surface area contributed by atoms with Gasteiger partial charge in [-0.1, -0.05) is 6.92 Å². The number of hydrogen-bond acceptors (Lipinski definition) is 4. The highest BCUT2D eigenvalue weighted by atomic mass is 16.3. The summed E-state index contributed by atoms with van der Waals surface area (Å²) in [5, 5.41) is 9.17. The molecule has 1 N–H and O–H groups in total. The first-order valence-electron chi connectivity index (χ1n) is 9.69. The summed E-state index contributed by atoms with van der Waals surface area (Å²) in [5.74, 6) is 2.75. The Bertz CT molecular complexity index is 575. The number of furan rings is 1. The van der Waals surface area contributed by atoms with Crippen LogP contribution in [0.15, 0.2) is 16.5 Å². The van der Waals surface area contributed by atoms with Gasteiger partial charge in [-0.05, 0) is 69.8 Å². The standard InChI is InChI=1S/C20H32N2O3/c1-16(18-4-3-17(2)25-18)6-10-21-11-8-20(9-12-21)7-5-19(24)22(15-20)13-14-23/h3-4,16,23H,5-15H2,1-2H3/t16-/m1/s1. The van der Waals surface area contributed by atoms with Gasteiger partial charge in [-0.2, -0.15) is 0 Å². The first kappa shape index (κ1) is 18.5. The van der Waals surface area contributed by atoms with Gasteiger partial charge in [0.15, 0.2) is 0 Å². The lowest BCUT2D eigenvalue weighted by Crippen LogP contribution is -2.52. The van der Waals surface area contributed by atoms with Gasteiger partial charge >= 0.3 is 0 Å². The van der Waals surface area contributed by atoms with Crippen LogP contribution in [0.4, 0.5) is 0 Å². The number of carbonyl (C=O) groups excluding carboxylic acids is 1. The molecular weight excluding hydrogens is 316 g/mol. The predicted octanol–water partition coefficient (Wildman–Crippen LogP) is 2.78. The molecule has 0 saturated carbocycles. The molecule has 1 aromatic heterocycles. The molecule has 1 aromatic rings. The fourth-order valence-electron chi connectivity index (χ4n) is 4.32. The lowest BCUT2D eigenvalue weighted by Gasteiger charge is -2.47. The Labute approximate surface area is 151 Å². The van der Waals surface area contributed by atoms with Gasteiger partial charge in [0, 0.05) is 25.4 Å². The van der Waals surface area contributed by atoms with Crippen molar-refractivity contribution < 1.29 is 14.3 Å². The summed E-state index contributed by atoms with van der Waals surface area (Å²) in [4.78, 5) is 16.4. The zero-order chi connectivity index (χ0) is 17.9. The molecule has 5 heteroatoms. The van der Waals surface area contributed by atoms with Gasteiger partial charge in [0.25, 0.3) is 0 Å². The van der Waals surface area contributed by atoms with Crippen LogP contribution in [0.5, 0.6) is 0 Å². The smallest absolute Gasteiger partial charge is 0.222 e. The van der Waals surface area contributed by atoms with E-state index in [9.17, 15) is 9.90 Å². The summed E-state index contributed by atoms with van der Waals surface area (Å²) in [7, 11) is 0. The van der Waals surface area contributed by atoms with Crippen molar-refractivity contribution in [2.24, 2.45) is 5.41 Å². The van der Waals surface area contributed by atoms with Crippen LogP contribution in [-0.2, 0) is 4.79 Å². The number of aryl methyl sites for hydroxylation is 1. The zero-order valence-corrected chi connectivity index (χ0v) is 15.7. The monoisotopic (exact) mass is 348 g/mol. The molecule has 2 aliphatic heterocycles. The Kier molecular flexibility index (Phi) is 5.85. The quantitative estimate of drug-likeness (QED) is 0.859. The number of amides is 1. The van der Waals surface area contributed by atoms with E-state index in [2.05, 4.69) is 17.9 Å². The second kappa shape index (κ2) is 7.92. The average molecular weight is 348 g/mol. The molecule has 1 amide bonds. The number of nitrogens with zero attached hydrogens (tertiary/aromatic N) is 2. The summed E-state index contributed by atoms with van der Waals surface area (Å²) in [6.45, 7) is 8.97. The SMILES string of the molecule is Cc1ccc([C@H](C)CCN2CCC3(CCC(=O)N(CCO)C3)CC2)o1. The van der Waals surface area contributed by atoms with E-state index in [-0.39, 0.29) is 17.9 Å². The molecule has 3 heterocycles. The maximum absolute atomic E-state index is 12.0. The Morgan fingerprint density at radius 2 is 2.00 bits per heavy atom. The Morgan fingerprint density at radius 1 is 1.24 bits per heavy atom. The molecule has 1 atom stereocenters. The van der Waals surface area contributed by atoms with Gasteiger partial charge in [-0.3, -0.25) is 4.79 Å². The molecular formula is C20H32N2O3. The normalized spacial score (nSPS) is 22.5. The average Bonchev–Trinajstić information content (AvgIpc) is 3.04. The predicted molar refractivity (Wildman–Crippen MR) is 97.5 cm³/mol. The highest BCUT2D eigenvalue weighted by Gasteiger charge is 2.40. The third-order valence-corrected chi connectivity index (χ3v) is 6.16. The molecule has 140 valence electrons. The summed E-state index contributed by atoms with van der Waals surface area (Å²) >= 11 is 0. The molecule has 2 aliphatic rings. The second-order valence-corrected chi connectivity index (χ2v) is 8.02. The molecule has 0 aliphatic carbocycles. The number of piperidine rings is 2. The maximum Gasteiger partial charge on any atom is 0.222 e. The molecule has 1 spiro atoms. The van der Waals surface area contributed by atoms with Gasteiger partial charge in [-0.25, -0.2) is 0 Å². The fourth-order valence-corrected chi connectivity index (χ4v) is 4.32. The number of rotatable bonds is 6. The van der Waals surface area contributed by atoms with Crippen molar-refractivity contribution in [3.05, 3.63) is 23.7 Å². The molecule has 0 aromatic carbocycles. The summed E-state index contributed by atoms with van der Waals surface area (Å²) in [5.41, 5.74) is 0.281. The summed E-state index contributed by atoms with van der Waals surface area (Å²) in [6, 6.07) is 4.14. The minimum atomic E-state index is 0.0675. The van der Waals surface area contributed by atoms with Gasteiger partial charge in [0.2, 0.25) is 5.91 Å². The van der Waals surface area contributed by atoms with E-state index < -0.39 is 0 Å². The Balaban J connectivity index is 1.46. The molecule has 0 bridgehead atoms. The lowest BCUT2D eigenvalue weighted by atomic mass is 9.72. The molecule has 0 radical (unpaired) electrons. The summed E-state index contributed by atoms with van der Waals surface area (Å²) in [6.07, 6.45) is 5.11. The highest BCUT2D eigenvalue weighted by molar-refractivity contribution is 5.77. The number of aliphatic hydroxyl groups excluding tert-OH is 1. The molecule has 2 fully saturated rings. The minimum absolute atomic E-state index is 0.0675. The molecule has 3 rings (SSSR count). The van der Waals surface area contributed by atoms with Crippen molar-refractivity contribution in [3.63, 3.8) is 0 Å². The van der Waals surface area contributed by atoms with Crippen LogP contribution >= 0.6 is 0 Å². The number of carbonyl (C=O) groups is 1. The van der Waals surface area contributed by atoms with Crippen LogP contribution in [0.2, 0.25) is 0 Å². The van der Waals surface area contributed by atoms with Crippen molar-refractivity contribution in [2.75, 3.05) is 39.3 Å². The van der Waals surface area contributed by atoms with E-state index in [1.54, 1.807) is 0 Å². The van der Waals surface area contributed by atoms with Gasteiger partial charge in [0.1, 0.15) is 11.5 Å². The maximum atomic E-state index is 12.0. The number of likely N-dealkylation sites (tertiary alicyclic amines) is 2. The van der Waals surface area contributed by atoms with Crippen molar-refractivity contribution >= 4 is 5.91 Å². The van der Waals surface area contributed by atoms with Crippen molar-refractivity contribution in [1.29, 1.82) is 0 Å².